The maximum atomic E-state index is 12.7. The van der Waals surface area contributed by atoms with Crippen molar-refractivity contribution in [3.05, 3.63) is 12.2 Å². The molecule has 342 valence electrons. The number of hydrogen-bond donors (Lipinski definition) is 1. The molecule has 0 saturated heterocycles. The maximum Gasteiger partial charge on any atom is 0.362 e. The number of ether oxygens (including phenoxy) is 3. The van der Waals surface area contributed by atoms with Crippen LogP contribution in [-0.4, -0.2) is 80.6 Å². The largest absolute Gasteiger partial charge is 0.477 e. The minimum Gasteiger partial charge on any atom is -0.477 e. The van der Waals surface area contributed by atoms with Crippen molar-refractivity contribution in [2.75, 3.05) is 41.0 Å². The summed E-state index contributed by atoms with van der Waals surface area (Å²) in [5, 5.41) is 9.63. The van der Waals surface area contributed by atoms with Crippen molar-refractivity contribution >= 4 is 17.9 Å². The number of hydrogen-bond acceptors (Lipinski definition) is 6. The second-order valence-corrected chi connectivity index (χ2v) is 18.1. The van der Waals surface area contributed by atoms with Gasteiger partial charge in [0.05, 0.1) is 34.4 Å². The van der Waals surface area contributed by atoms with Gasteiger partial charge in [0.1, 0.15) is 6.61 Å². The molecule has 0 aliphatic rings. The molecule has 8 heteroatoms. The fraction of sp³-hybridized carbons (Fsp3) is 0.900. The van der Waals surface area contributed by atoms with Crippen LogP contribution in [0.15, 0.2) is 12.2 Å². The molecule has 0 heterocycles. The van der Waals surface area contributed by atoms with Crippen LogP contribution in [0, 0.1) is 0 Å². The van der Waals surface area contributed by atoms with Crippen LogP contribution in [0.25, 0.3) is 0 Å². The summed E-state index contributed by atoms with van der Waals surface area (Å²) in [5.41, 5.74) is 0. The van der Waals surface area contributed by atoms with Gasteiger partial charge in [-0.15, -0.1) is 0 Å². The molecule has 58 heavy (non-hydrogen) atoms. The molecule has 0 spiro atoms. The van der Waals surface area contributed by atoms with E-state index in [2.05, 4.69) is 26.0 Å². The number of esters is 2. The predicted molar refractivity (Wildman–Crippen MR) is 243 cm³/mol. The Balaban J connectivity index is 4.20. The summed E-state index contributed by atoms with van der Waals surface area (Å²) in [6, 6.07) is -0.611. The van der Waals surface area contributed by atoms with Gasteiger partial charge in [-0.05, 0) is 38.5 Å². The summed E-state index contributed by atoms with van der Waals surface area (Å²) < 4.78 is 17.3. The fourth-order valence-corrected chi connectivity index (χ4v) is 7.56. The third kappa shape index (κ3) is 39.5. The Morgan fingerprint density at radius 1 is 0.500 bits per heavy atom. The average molecular weight is 823 g/mol. The molecular formula is C50H96NO7+. The molecule has 0 aromatic carbocycles. The van der Waals surface area contributed by atoms with Gasteiger partial charge in [-0.2, -0.15) is 0 Å². The molecule has 0 rings (SSSR count). The number of allylic oxidation sites excluding steroid dienone is 2. The van der Waals surface area contributed by atoms with E-state index >= 15 is 0 Å². The number of quaternary nitrogens is 1. The van der Waals surface area contributed by atoms with Gasteiger partial charge in [0.15, 0.2) is 12.1 Å². The summed E-state index contributed by atoms with van der Waals surface area (Å²) in [7, 11) is 5.54. The molecule has 1 N–H and O–H groups in total. The van der Waals surface area contributed by atoms with E-state index < -0.39 is 18.1 Å². The predicted octanol–water partition coefficient (Wildman–Crippen LogP) is 13.9. The van der Waals surface area contributed by atoms with Gasteiger partial charge in [-0.3, -0.25) is 9.59 Å². The number of nitrogens with zero attached hydrogens (tertiary/aromatic N) is 1. The average Bonchev–Trinajstić information content (AvgIpc) is 3.18. The van der Waals surface area contributed by atoms with Crippen molar-refractivity contribution in [3.8, 4) is 0 Å². The van der Waals surface area contributed by atoms with Crippen molar-refractivity contribution in [2.45, 2.75) is 251 Å². The SMILES string of the molecule is CCCCCCCCCCCC/C=C/CCCCCCCCCC(=O)OCC(COCCC(C(=O)O)[N+](C)(C)C)OC(=O)CCCCCCCCCCCCCCC. The zero-order valence-electron chi connectivity index (χ0n) is 39.0. The van der Waals surface area contributed by atoms with Crippen molar-refractivity contribution in [3.63, 3.8) is 0 Å². The lowest BCUT2D eigenvalue weighted by Gasteiger charge is -2.31. The van der Waals surface area contributed by atoms with Gasteiger partial charge < -0.3 is 23.8 Å². The van der Waals surface area contributed by atoms with Crippen LogP contribution in [0.1, 0.15) is 239 Å². The van der Waals surface area contributed by atoms with E-state index in [-0.39, 0.29) is 36.2 Å². The topological polar surface area (TPSA) is 99.1 Å². The highest BCUT2D eigenvalue weighted by Crippen LogP contribution is 2.16. The van der Waals surface area contributed by atoms with Crippen LogP contribution < -0.4 is 0 Å². The molecule has 0 fully saturated rings. The molecule has 0 aliphatic heterocycles. The van der Waals surface area contributed by atoms with Crippen molar-refractivity contribution < 1.29 is 38.2 Å². The second kappa shape index (κ2) is 41.8. The Labute approximate surface area is 359 Å². The third-order valence-electron chi connectivity index (χ3n) is 11.4. The number of carboxylic acid groups (broad SMARTS) is 1. The van der Waals surface area contributed by atoms with Gasteiger partial charge in [-0.25, -0.2) is 4.79 Å². The molecular weight excluding hydrogens is 727 g/mol. The van der Waals surface area contributed by atoms with E-state index in [1.54, 1.807) is 0 Å². The Morgan fingerprint density at radius 2 is 0.862 bits per heavy atom. The molecule has 2 atom stereocenters. The monoisotopic (exact) mass is 823 g/mol. The van der Waals surface area contributed by atoms with Crippen LogP contribution in [0.5, 0.6) is 0 Å². The first-order valence-corrected chi connectivity index (χ1v) is 24.7. The van der Waals surface area contributed by atoms with Crippen molar-refractivity contribution in [1.82, 2.24) is 0 Å². The molecule has 2 unspecified atom stereocenters. The van der Waals surface area contributed by atoms with Gasteiger partial charge in [0, 0.05) is 19.3 Å². The van der Waals surface area contributed by atoms with Gasteiger partial charge in [0.2, 0.25) is 0 Å². The molecule has 0 saturated carbocycles. The van der Waals surface area contributed by atoms with Crippen LogP contribution in [0.2, 0.25) is 0 Å². The number of rotatable bonds is 45. The summed E-state index contributed by atoms with van der Waals surface area (Å²) in [6.45, 7) is 4.77. The smallest absolute Gasteiger partial charge is 0.362 e. The van der Waals surface area contributed by atoms with E-state index in [9.17, 15) is 19.5 Å². The normalized spacial score (nSPS) is 12.9. The first-order valence-electron chi connectivity index (χ1n) is 24.7. The van der Waals surface area contributed by atoms with Gasteiger partial charge in [-0.1, -0.05) is 193 Å². The molecule has 0 aromatic rings. The highest BCUT2D eigenvalue weighted by molar-refractivity contribution is 5.72. The van der Waals surface area contributed by atoms with Crippen LogP contribution in [-0.2, 0) is 28.6 Å². The van der Waals surface area contributed by atoms with Crippen LogP contribution in [0.4, 0.5) is 0 Å². The van der Waals surface area contributed by atoms with Crippen LogP contribution >= 0.6 is 0 Å². The Bertz CT molecular complexity index is 962. The van der Waals surface area contributed by atoms with Crippen LogP contribution in [0.3, 0.4) is 0 Å². The van der Waals surface area contributed by atoms with Gasteiger partial charge >= 0.3 is 17.9 Å². The first kappa shape index (κ1) is 56.1. The number of carbonyl (C=O) groups is 3. The number of carbonyl (C=O) groups excluding carboxylic acids is 2. The molecule has 0 bridgehead atoms. The quantitative estimate of drug-likeness (QED) is 0.0283. The van der Waals surface area contributed by atoms with E-state index in [1.807, 2.05) is 21.1 Å². The van der Waals surface area contributed by atoms with Crippen molar-refractivity contribution in [2.24, 2.45) is 0 Å². The highest BCUT2D eigenvalue weighted by atomic mass is 16.6. The number of carboxylic acids is 1. The zero-order chi connectivity index (χ0) is 42.8. The summed E-state index contributed by atoms with van der Waals surface area (Å²) in [6.07, 6.45) is 45.4. The molecule has 0 amide bonds. The van der Waals surface area contributed by atoms with E-state index in [0.717, 1.165) is 38.5 Å². The summed E-state index contributed by atoms with van der Waals surface area (Å²) >= 11 is 0. The Kier molecular flexibility index (Phi) is 40.4. The Hall–Kier alpha value is -1.93. The highest BCUT2D eigenvalue weighted by Gasteiger charge is 2.31. The number of aliphatic carboxylic acids is 1. The number of unbranched alkanes of at least 4 members (excludes halogenated alkanes) is 29. The Morgan fingerprint density at radius 3 is 1.24 bits per heavy atom. The molecule has 0 aliphatic carbocycles. The van der Waals surface area contributed by atoms with E-state index in [0.29, 0.717) is 19.3 Å². The maximum absolute atomic E-state index is 12.7. The lowest BCUT2D eigenvalue weighted by atomic mass is 10.0. The summed E-state index contributed by atoms with van der Waals surface area (Å²) in [5.74, 6) is -1.45. The van der Waals surface area contributed by atoms with Crippen molar-refractivity contribution in [1.29, 1.82) is 0 Å². The second-order valence-electron chi connectivity index (χ2n) is 18.1. The van der Waals surface area contributed by atoms with E-state index in [1.165, 1.54) is 167 Å². The van der Waals surface area contributed by atoms with Gasteiger partial charge in [0.25, 0.3) is 0 Å². The fourth-order valence-electron chi connectivity index (χ4n) is 7.56. The third-order valence-corrected chi connectivity index (χ3v) is 11.4. The molecule has 0 aromatic heterocycles. The number of likely N-dealkylation sites (N-methyl/N-ethyl adjacent to an activating group) is 1. The lowest BCUT2D eigenvalue weighted by Crippen LogP contribution is -2.50. The standard InChI is InChI=1S/C50H95NO7/c1-6-8-10-12-14-16-18-20-21-22-23-24-25-26-27-29-30-32-34-36-38-40-48(52)57-45-46(44-56-43-42-47(50(54)55)51(3,4)5)58-49(53)41-39-37-35-33-31-28-19-17-15-13-11-9-7-2/h24-25,46-47H,6-23,26-45H2,1-5H3/p+1/b25-24+. The first-order chi connectivity index (χ1) is 28.1. The zero-order valence-corrected chi connectivity index (χ0v) is 39.0. The van der Waals surface area contributed by atoms with E-state index in [4.69, 9.17) is 14.2 Å². The lowest BCUT2D eigenvalue weighted by molar-refractivity contribution is -0.887. The summed E-state index contributed by atoms with van der Waals surface area (Å²) in [4.78, 5) is 37.0. The molecule has 8 nitrogen and oxygen atoms in total. The molecule has 0 radical (unpaired) electrons. The minimum absolute atomic E-state index is 0.0471. The minimum atomic E-state index is -0.872.